The summed E-state index contributed by atoms with van der Waals surface area (Å²) < 4.78 is 0. The van der Waals surface area contributed by atoms with Crippen molar-refractivity contribution in [2.75, 3.05) is 32.7 Å². The molecular weight excluding hydrogens is 328 g/mol. The van der Waals surface area contributed by atoms with Gasteiger partial charge in [0.25, 0.3) is 0 Å². The molecule has 0 bridgehead atoms. The Morgan fingerprint density at radius 3 is 2.62 bits per heavy atom. The third-order valence-corrected chi connectivity index (χ3v) is 5.09. The van der Waals surface area contributed by atoms with Crippen LogP contribution in [-0.2, 0) is 16.0 Å². The van der Waals surface area contributed by atoms with Gasteiger partial charge >= 0.3 is 0 Å². The molecule has 6 heteroatoms. The summed E-state index contributed by atoms with van der Waals surface area (Å²) in [5, 5.41) is 4.08. The molecule has 6 nitrogen and oxygen atoms in total. The Morgan fingerprint density at radius 1 is 1.08 bits per heavy atom. The number of aromatic nitrogens is 1. The Hall–Kier alpha value is -2.47. The van der Waals surface area contributed by atoms with Crippen LogP contribution in [0.25, 0.3) is 10.9 Å². The number of pyridine rings is 1. The summed E-state index contributed by atoms with van der Waals surface area (Å²) in [6.45, 7) is 3.28. The van der Waals surface area contributed by atoms with E-state index in [4.69, 9.17) is 0 Å². The van der Waals surface area contributed by atoms with Gasteiger partial charge in [-0.2, -0.15) is 0 Å². The summed E-state index contributed by atoms with van der Waals surface area (Å²) in [4.78, 5) is 33.1. The van der Waals surface area contributed by atoms with E-state index in [9.17, 15) is 9.59 Å². The molecule has 1 aliphatic heterocycles. The van der Waals surface area contributed by atoms with E-state index < -0.39 is 0 Å². The highest BCUT2D eigenvalue weighted by Gasteiger charge is 2.26. The molecule has 2 aliphatic rings. The molecular formula is C20H24N4O2. The van der Waals surface area contributed by atoms with Crippen molar-refractivity contribution < 1.29 is 9.59 Å². The van der Waals surface area contributed by atoms with Crippen LogP contribution >= 0.6 is 0 Å². The zero-order valence-corrected chi connectivity index (χ0v) is 14.9. The van der Waals surface area contributed by atoms with Crippen LogP contribution in [0.15, 0.2) is 36.5 Å². The molecule has 2 amide bonds. The van der Waals surface area contributed by atoms with Crippen molar-refractivity contribution in [2.45, 2.75) is 25.3 Å². The number of carbonyl (C=O) groups excluding carboxylic acids is 2. The van der Waals surface area contributed by atoms with E-state index in [1.807, 2.05) is 35.2 Å². The van der Waals surface area contributed by atoms with Crippen LogP contribution in [0.2, 0.25) is 0 Å². The third-order valence-electron chi connectivity index (χ3n) is 5.09. The highest BCUT2D eigenvalue weighted by atomic mass is 16.2. The summed E-state index contributed by atoms with van der Waals surface area (Å²) in [7, 11) is 0. The lowest BCUT2D eigenvalue weighted by Crippen LogP contribution is -2.51. The van der Waals surface area contributed by atoms with Gasteiger partial charge in [0.2, 0.25) is 11.8 Å². The van der Waals surface area contributed by atoms with Crippen molar-refractivity contribution in [1.82, 2.24) is 20.1 Å². The van der Waals surface area contributed by atoms with Crippen molar-refractivity contribution in [1.29, 1.82) is 0 Å². The number of nitrogens with one attached hydrogen (secondary N) is 1. The summed E-state index contributed by atoms with van der Waals surface area (Å²) in [6, 6.07) is 10.3. The molecule has 1 aliphatic carbocycles. The zero-order valence-electron chi connectivity index (χ0n) is 14.9. The predicted molar refractivity (Wildman–Crippen MR) is 99.6 cm³/mol. The number of nitrogens with zero attached hydrogens (tertiary/aromatic N) is 3. The van der Waals surface area contributed by atoms with E-state index in [2.05, 4.69) is 15.2 Å². The number of amides is 2. The van der Waals surface area contributed by atoms with Crippen molar-refractivity contribution >= 4 is 22.7 Å². The number of hydrogen-bond acceptors (Lipinski definition) is 4. The second-order valence-electron chi connectivity index (χ2n) is 7.17. The number of rotatable bonds is 5. The van der Waals surface area contributed by atoms with E-state index in [0.717, 1.165) is 42.4 Å². The first-order valence-corrected chi connectivity index (χ1v) is 9.31. The lowest BCUT2D eigenvalue weighted by Gasteiger charge is -2.34. The molecule has 1 aromatic heterocycles. The molecule has 0 unspecified atom stereocenters. The molecule has 1 saturated carbocycles. The minimum atomic E-state index is 0.106. The van der Waals surface area contributed by atoms with E-state index >= 15 is 0 Å². The van der Waals surface area contributed by atoms with Crippen LogP contribution in [0.5, 0.6) is 0 Å². The van der Waals surface area contributed by atoms with E-state index in [-0.39, 0.29) is 11.8 Å². The Morgan fingerprint density at radius 2 is 1.85 bits per heavy atom. The van der Waals surface area contributed by atoms with Crippen LogP contribution in [0.3, 0.4) is 0 Å². The van der Waals surface area contributed by atoms with Crippen LogP contribution < -0.4 is 5.32 Å². The summed E-state index contributed by atoms with van der Waals surface area (Å²) in [6.07, 6.45) is 4.35. The molecule has 0 spiro atoms. The summed E-state index contributed by atoms with van der Waals surface area (Å²) >= 11 is 0. The molecule has 2 fully saturated rings. The minimum absolute atomic E-state index is 0.106. The van der Waals surface area contributed by atoms with E-state index in [1.165, 1.54) is 0 Å². The Bertz CT molecular complexity index is 805. The molecule has 26 heavy (non-hydrogen) atoms. The fourth-order valence-corrected chi connectivity index (χ4v) is 3.44. The molecule has 4 rings (SSSR count). The van der Waals surface area contributed by atoms with E-state index in [0.29, 0.717) is 32.1 Å². The highest BCUT2D eigenvalue weighted by Crippen LogP contribution is 2.19. The standard InChI is InChI=1S/C20H24N4O2/c25-18(22-17-6-7-17)14-23-9-11-24(12-10-23)19(26)13-16-4-1-3-15-5-2-8-21-20(15)16/h1-5,8,17H,6-7,9-14H2,(H,22,25). The predicted octanol–water partition coefficient (Wildman–Crippen LogP) is 1.20. The Balaban J connectivity index is 1.31. The monoisotopic (exact) mass is 352 g/mol. The second kappa shape index (κ2) is 7.41. The fraction of sp³-hybridized carbons (Fsp3) is 0.450. The number of carbonyl (C=O) groups is 2. The van der Waals surface area contributed by atoms with Gasteiger partial charge in [-0.1, -0.05) is 24.3 Å². The van der Waals surface area contributed by atoms with Gasteiger partial charge in [-0.3, -0.25) is 19.5 Å². The minimum Gasteiger partial charge on any atom is -0.352 e. The van der Waals surface area contributed by atoms with Crippen LogP contribution in [0, 0.1) is 0 Å². The number of hydrogen-bond donors (Lipinski definition) is 1. The van der Waals surface area contributed by atoms with Gasteiger partial charge in [0.1, 0.15) is 0 Å². The Kier molecular flexibility index (Phi) is 4.84. The van der Waals surface area contributed by atoms with Crippen molar-refractivity contribution in [3.05, 3.63) is 42.1 Å². The van der Waals surface area contributed by atoms with Gasteiger partial charge in [-0.15, -0.1) is 0 Å². The van der Waals surface area contributed by atoms with Crippen molar-refractivity contribution in [3.63, 3.8) is 0 Å². The van der Waals surface area contributed by atoms with Crippen LogP contribution in [0.4, 0.5) is 0 Å². The lowest BCUT2D eigenvalue weighted by molar-refractivity contribution is -0.132. The van der Waals surface area contributed by atoms with Crippen molar-refractivity contribution in [2.24, 2.45) is 0 Å². The lowest BCUT2D eigenvalue weighted by atomic mass is 10.1. The fourth-order valence-electron chi connectivity index (χ4n) is 3.44. The first-order valence-electron chi connectivity index (χ1n) is 9.31. The maximum absolute atomic E-state index is 12.7. The molecule has 0 radical (unpaired) electrons. The maximum Gasteiger partial charge on any atom is 0.234 e. The van der Waals surface area contributed by atoms with Gasteiger partial charge in [0, 0.05) is 43.8 Å². The largest absolute Gasteiger partial charge is 0.352 e. The van der Waals surface area contributed by atoms with Crippen LogP contribution in [0.1, 0.15) is 18.4 Å². The quantitative estimate of drug-likeness (QED) is 0.878. The molecule has 1 saturated heterocycles. The van der Waals surface area contributed by atoms with Gasteiger partial charge in [-0.05, 0) is 24.5 Å². The summed E-state index contributed by atoms with van der Waals surface area (Å²) in [5.41, 5.74) is 1.87. The summed E-state index contributed by atoms with van der Waals surface area (Å²) in [5.74, 6) is 0.236. The van der Waals surface area contributed by atoms with Gasteiger partial charge in [0.15, 0.2) is 0 Å². The van der Waals surface area contributed by atoms with Gasteiger partial charge < -0.3 is 10.2 Å². The number of benzene rings is 1. The average molecular weight is 352 g/mol. The molecule has 1 N–H and O–H groups in total. The maximum atomic E-state index is 12.7. The van der Waals surface area contributed by atoms with Gasteiger partial charge in [0.05, 0.1) is 18.5 Å². The van der Waals surface area contributed by atoms with Crippen LogP contribution in [-0.4, -0.2) is 65.4 Å². The SMILES string of the molecule is O=C(CN1CCN(C(=O)Cc2cccc3cccnc23)CC1)NC1CC1. The zero-order chi connectivity index (χ0) is 17.9. The first kappa shape index (κ1) is 17.0. The Labute approximate surface area is 153 Å². The third kappa shape index (κ3) is 4.02. The van der Waals surface area contributed by atoms with Crippen molar-refractivity contribution in [3.8, 4) is 0 Å². The smallest absolute Gasteiger partial charge is 0.234 e. The van der Waals surface area contributed by atoms with E-state index in [1.54, 1.807) is 6.20 Å². The first-order chi connectivity index (χ1) is 12.7. The second-order valence-corrected chi connectivity index (χ2v) is 7.17. The molecule has 1 aromatic carbocycles. The molecule has 136 valence electrons. The molecule has 2 aromatic rings. The molecule has 2 heterocycles. The number of fused-ring (bicyclic) bond motifs is 1. The number of para-hydroxylation sites is 1. The average Bonchev–Trinajstić information content (AvgIpc) is 3.46. The van der Waals surface area contributed by atoms with Gasteiger partial charge in [-0.25, -0.2) is 0 Å². The number of piperazine rings is 1. The molecule has 0 atom stereocenters. The highest BCUT2D eigenvalue weighted by molar-refractivity contribution is 5.87. The topological polar surface area (TPSA) is 65.5 Å². The normalized spacial score (nSPS) is 18.1.